The van der Waals surface area contributed by atoms with Crippen molar-refractivity contribution >= 4 is 11.8 Å². The molecule has 130 valence electrons. The van der Waals surface area contributed by atoms with E-state index in [1.54, 1.807) is 0 Å². The number of primary amides is 1. The van der Waals surface area contributed by atoms with E-state index in [-0.39, 0.29) is 17.7 Å². The number of nitrogens with one attached hydrogen (secondary N) is 1. The van der Waals surface area contributed by atoms with Gasteiger partial charge in [0.15, 0.2) is 0 Å². The van der Waals surface area contributed by atoms with Crippen LogP contribution in [0.2, 0.25) is 0 Å². The number of benzene rings is 1. The maximum atomic E-state index is 12.3. The number of rotatable bonds is 5. The van der Waals surface area contributed by atoms with E-state index in [9.17, 15) is 9.59 Å². The second kappa shape index (κ2) is 7.66. The molecule has 2 aliphatic rings. The van der Waals surface area contributed by atoms with Crippen LogP contribution in [0.4, 0.5) is 0 Å². The van der Waals surface area contributed by atoms with Gasteiger partial charge in [-0.2, -0.15) is 0 Å². The van der Waals surface area contributed by atoms with Gasteiger partial charge in [0.25, 0.3) is 5.91 Å². The number of nitrogens with zero attached hydrogens (tertiary/aromatic N) is 1. The van der Waals surface area contributed by atoms with Gasteiger partial charge >= 0.3 is 0 Å². The van der Waals surface area contributed by atoms with Crippen LogP contribution < -0.4 is 15.8 Å². The number of nitrogens with two attached hydrogens (primary N) is 1. The second-order valence-corrected chi connectivity index (χ2v) is 6.57. The molecule has 24 heavy (non-hydrogen) atoms. The quantitative estimate of drug-likeness (QED) is 0.841. The lowest BCUT2D eigenvalue weighted by atomic mass is 9.97. The van der Waals surface area contributed by atoms with Crippen molar-refractivity contribution in [1.29, 1.82) is 0 Å². The lowest BCUT2D eigenvalue weighted by molar-refractivity contribution is -0.123. The van der Waals surface area contributed by atoms with Crippen molar-refractivity contribution in [2.75, 3.05) is 32.8 Å². The molecule has 0 unspecified atom stereocenters. The number of hydrogen-bond donors (Lipinski definition) is 2. The first-order chi connectivity index (χ1) is 11.6. The molecule has 1 fully saturated rings. The average Bonchev–Trinajstić information content (AvgIpc) is 2.61. The molecular formula is C18H25N3O3. The molecule has 2 amide bonds. The topological polar surface area (TPSA) is 84.7 Å². The molecule has 0 radical (unpaired) electrons. The molecule has 3 rings (SSSR count). The first-order valence-corrected chi connectivity index (χ1v) is 8.69. The van der Waals surface area contributed by atoms with Gasteiger partial charge in [0.05, 0.1) is 12.5 Å². The molecule has 6 nitrogen and oxygen atoms in total. The summed E-state index contributed by atoms with van der Waals surface area (Å²) in [4.78, 5) is 25.8. The van der Waals surface area contributed by atoms with Crippen molar-refractivity contribution in [3.8, 4) is 5.75 Å². The highest BCUT2D eigenvalue weighted by Crippen LogP contribution is 2.25. The van der Waals surface area contributed by atoms with Crippen molar-refractivity contribution in [3.05, 3.63) is 29.3 Å². The van der Waals surface area contributed by atoms with Gasteiger partial charge in [-0.15, -0.1) is 0 Å². The zero-order chi connectivity index (χ0) is 16.9. The highest BCUT2D eigenvalue weighted by molar-refractivity contribution is 5.94. The summed E-state index contributed by atoms with van der Waals surface area (Å²) in [7, 11) is 0. The highest BCUT2D eigenvalue weighted by atomic mass is 16.5. The molecule has 1 saturated heterocycles. The van der Waals surface area contributed by atoms with Crippen LogP contribution in [0.1, 0.15) is 35.2 Å². The van der Waals surface area contributed by atoms with E-state index >= 15 is 0 Å². The lowest BCUT2D eigenvalue weighted by Crippen LogP contribution is -2.44. The monoisotopic (exact) mass is 331 g/mol. The fourth-order valence-corrected chi connectivity index (χ4v) is 3.42. The van der Waals surface area contributed by atoms with E-state index in [1.165, 1.54) is 0 Å². The molecule has 0 bridgehead atoms. The molecule has 0 spiro atoms. The van der Waals surface area contributed by atoms with Crippen LogP contribution >= 0.6 is 0 Å². The number of hydrogen-bond acceptors (Lipinski definition) is 4. The maximum absolute atomic E-state index is 12.3. The number of amides is 2. The molecule has 2 heterocycles. The summed E-state index contributed by atoms with van der Waals surface area (Å²) in [6, 6.07) is 5.61. The normalized spacial score (nSPS) is 20.8. The predicted molar refractivity (Wildman–Crippen MR) is 90.9 cm³/mol. The maximum Gasteiger partial charge on any atom is 0.251 e. The summed E-state index contributed by atoms with van der Waals surface area (Å²) >= 11 is 0. The minimum absolute atomic E-state index is 0.0601. The van der Waals surface area contributed by atoms with Crippen molar-refractivity contribution in [1.82, 2.24) is 10.2 Å². The summed E-state index contributed by atoms with van der Waals surface area (Å²) in [6.45, 7) is 3.71. The number of carbonyl (C=O) groups excluding carboxylic acids is 2. The summed E-state index contributed by atoms with van der Waals surface area (Å²) in [5.74, 6) is 0.547. The molecule has 1 atom stereocenters. The van der Waals surface area contributed by atoms with Crippen LogP contribution in [-0.4, -0.2) is 49.5 Å². The van der Waals surface area contributed by atoms with E-state index in [0.29, 0.717) is 18.7 Å². The Kier molecular flexibility index (Phi) is 5.35. The van der Waals surface area contributed by atoms with Gasteiger partial charge in [-0.3, -0.25) is 9.59 Å². The Balaban J connectivity index is 1.48. The van der Waals surface area contributed by atoms with Crippen LogP contribution in [0.25, 0.3) is 0 Å². The van der Waals surface area contributed by atoms with Crippen molar-refractivity contribution in [3.63, 3.8) is 0 Å². The largest absolute Gasteiger partial charge is 0.493 e. The van der Waals surface area contributed by atoms with Crippen molar-refractivity contribution in [2.45, 2.75) is 25.7 Å². The van der Waals surface area contributed by atoms with Gasteiger partial charge < -0.3 is 20.7 Å². The van der Waals surface area contributed by atoms with Crippen LogP contribution in [0, 0.1) is 5.92 Å². The Bertz CT molecular complexity index is 618. The highest BCUT2D eigenvalue weighted by Gasteiger charge is 2.23. The van der Waals surface area contributed by atoms with E-state index < -0.39 is 0 Å². The standard InChI is InChI=1S/C18H25N3O3/c19-17(22)15-3-1-8-21(12-15)9-7-20-18(23)14-5-6-16-13(11-14)4-2-10-24-16/h5-6,11,15H,1-4,7-10,12H2,(H2,19,22)(H,20,23)/t15-/m1/s1. The molecule has 3 N–H and O–H groups in total. The third-order valence-electron chi connectivity index (χ3n) is 4.79. The smallest absolute Gasteiger partial charge is 0.251 e. The number of aryl methyl sites for hydroxylation is 1. The zero-order valence-electron chi connectivity index (χ0n) is 13.9. The Hall–Kier alpha value is -2.08. The molecular weight excluding hydrogens is 306 g/mol. The summed E-state index contributed by atoms with van der Waals surface area (Å²) in [6.07, 6.45) is 3.80. The van der Waals surface area contributed by atoms with Crippen LogP contribution in [0.3, 0.4) is 0 Å². The first-order valence-electron chi connectivity index (χ1n) is 8.69. The van der Waals surface area contributed by atoms with Gasteiger partial charge in [0, 0.05) is 25.2 Å². The Morgan fingerprint density at radius 1 is 1.33 bits per heavy atom. The van der Waals surface area contributed by atoms with Gasteiger partial charge in [-0.05, 0) is 56.0 Å². The van der Waals surface area contributed by atoms with Crippen molar-refractivity contribution < 1.29 is 14.3 Å². The fourth-order valence-electron chi connectivity index (χ4n) is 3.42. The van der Waals surface area contributed by atoms with E-state index in [1.807, 2.05) is 18.2 Å². The van der Waals surface area contributed by atoms with Gasteiger partial charge in [0.1, 0.15) is 5.75 Å². The van der Waals surface area contributed by atoms with Crippen LogP contribution in [0.5, 0.6) is 5.75 Å². The SMILES string of the molecule is NC(=O)[C@@H]1CCCN(CCNC(=O)c2ccc3c(c2)CCCO3)C1. The van der Waals surface area contributed by atoms with Crippen LogP contribution in [-0.2, 0) is 11.2 Å². The Labute approximate surface area is 142 Å². The van der Waals surface area contributed by atoms with Crippen LogP contribution in [0.15, 0.2) is 18.2 Å². The zero-order valence-corrected chi connectivity index (χ0v) is 13.9. The summed E-state index contributed by atoms with van der Waals surface area (Å²) in [5, 5.41) is 2.96. The molecule has 0 saturated carbocycles. The number of carbonyl (C=O) groups is 2. The molecule has 1 aromatic rings. The Morgan fingerprint density at radius 2 is 2.21 bits per heavy atom. The van der Waals surface area contributed by atoms with Gasteiger partial charge in [-0.1, -0.05) is 0 Å². The van der Waals surface area contributed by atoms with Gasteiger partial charge in [-0.25, -0.2) is 0 Å². The van der Waals surface area contributed by atoms with E-state index in [2.05, 4.69) is 10.2 Å². The molecule has 6 heteroatoms. The minimum atomic E-state index is -0.222. The Morgan fingerprint density at radius 3 is 3.04 bits per heavy atom. The number of ether oxygens (including phenoxy) is 1. The van der Waals surface area contributed by atoms with Crippen molar-refractivity contribution in [2.24, 2.45) is 11.7 Å². The molecule has 2 aliphatic heterocycles. The summed E-state index contributed by atoms with van der Waals surface area (Å²) < 4.78 is 5.57. The molecule has 0 aliphatic carbocycles. The lowest BCUT2D eigenvalue weighted by Gasteiger charge is -2.31. The van der Waals surface area contributed by atoms with Gasteiger partial charge in [0.2, 0.25) is 5.91 Å². The van der Waals surface area contributed by atoms with E-state index in [4.69, 9.17) is 10.5 Å². The predicted octanol–water partition coefficient (Wildman–Crippen LogP) is 0.939. The fraction of sp³-hybridized carbons (Fsp3) is 0.556. The first kappa shape index (κ1) is 16.8. The number of likely N-dealkylation sites (tertiary alicyclic amines) is 1. The number of piperidine rings is 1. The number of fused-ring (bicyclic) bond motifs is 1. The molecule has 1 aromatic carbocycles. The third kappa shape index (κ3) is 4.06. The minimum Gasteiger partial charge on any atom is -0.493 e. The second-order valence-electron chi connectivity index (χ2n) is 6.57. The van der Waals surface area contributed by atoms with E-state index in [0.717, 1.165) is 56.7 Å². The average molecular weight is 331 g/mol. The third-order valence-corrected chi connectivity index (χ3v) is 4.79. The summed E-state index contributed by atoms with van der Waals surface area (Å²) in [5.41, 5.74) is 7.17. The molecule has 0 aromatic heterocycles.